The normalized spacial score (nSPS) is 28.3. The largest absolute Gasteiger partial charge is 0.390 e. The van der Waals surface area contributed by atoms with Crippen molar-refractivity contribution in [3.63, 3.8) is 0 Å². The Kier molecular flexibility index (Phi) is 5.67. The molecule has 0 aliphatic carbocycles. The second-order valence-electron chi connectivity index (χ2n) is 7.10. The number of hydrogen-bond acceptors (Lipinski definition) is 3. The van der Waals surface area contributed by atoms with E-state index in [1.807, 2.05) is 13.8 Å². The second-order valence-corrected chi connectivity index (χ2v) is 7.10. The van der Waals surface area contributed by atoms with Crippen LogP contribution in [0.5, 0.6) is 0 Å². The van der Waals surface area contributed by atoms with Gasteiger partial charge in [-0.15, -0.1) is 0 Å². The summed E-state index contributed by atoms with van der Waals surface area (Å²) in [6.45, 7) is 8.57. The molecule has 0 aromatic heterocycles. The van der Waals surface area contributed by atoms with Crippen LogP contribution in [0.2, 0.25) is 0 Å². The maximum atomic E-state index is 9.98. The second kappa shape index (κ2) is 7.05. The highest BCUT2D eigenvalue weighted by atomic mass is 16.3. The molecule has 0 saturated carbocycles. The molecular weight excluding hydrogens is 236 g/mol. The van der Waals surface area contributed by atoms with Crippen LogP contribution < -0.4 is 5.32 Å². The molecule has 0 aromatic carbocycles. The van der Waals surface area contributed by atoms with Crippen molar-refractivity contribution in [3.05, 3.63) is 0 Å². The number of hydrogen-bond donors (Lipinski definition) is 2. The molecular formula is C16H32N2O. The van der Waals surface area contributed by atoms with E-state index in [4.69, 9.17) is 0 Å². The van der Waals surface area contributed by atoms with Crippen molar-refractivity contribution < 1.29 is 5.11 Å². The fraction of sp³-hybridized carbons (Fsp3) is 1.00. The van der Waals surface area contributed by atoms with E-state index < -0.39 is 5.60 Å². The van der Waals surface area contributed by atoms with Gasteiger partial charge in [0.15, 0.2) is 0 Å². The molecule has 0 amide bonds. The standard InChI is InChI=1S/C16H32N2O/c1-16(2,19)9-13-18-12-5-3-4-6-15(18)14-7-10-17-11-8-14/h14-15,17,19H,3-13H2,1-2H3. The Morgan fingerprint density at radius 2 is 1.84 bits per heavy atom. The van der Waals surface area contributed by atoms with Crippen LogP contribution >= 0.6 is 0 Å². The molecule has 2 heterocycles. The first-order valence-corrected chi connectivity index (χ1v) is 8.23. The Balaban J connectivity index is 1.94. The van der Waals surface area contributed by atoms with Crippen LogP contribution in [0.1, 0.15) is 58.8 Å². The highest BCUT2D eigenvalue weighted by Crippen LogP contribution is 2.28. The first kappa shape index (κ1) is 15.3. The molecule has 0 bridgehead atoms. The number of aliphatic hydroxyl groups is 1. The Labute approximate surface area is 118 Å². The zero-order chi connectivity index (χ0) is 13.7. The van der Waals surface area contributed by atoms with Gasteiger partial charge in [-0.2, -0.15) is 0 Å². The van der Waals surface area contributed by atoms with Crippen molar-refractivity contribution in [1.29, 1.82) is 0 Å². The van der Waals surface area contributed by atoms with Crippen LogP contribution in [0, 0.1) is 5.92 Å². The van der Waals surface area contributed by atoms with E-state index in [0.29, 0.717) is 0 Å². The van der Waals surface area contributed by atoms with Gasteiger partial charge in [-0.25, -0.2) is 0 Å². The molecule has 0 aromatic rings. The summed E-state index contributed by atoms with van der Waals surface area (Å²) in [5.41, 5.74) is -0.523. The highest BCUT2D eigenvalue weighted by molar-refractivity contribution is 4.85. The first-order valence-electron chi connectivity index (χ1n) is 8.23. The lowest BCUT2D eigenvalue weighted by atomic mass is 9.86. The number of rotatable bonds is 4. The van der Waals surface area contributed by atoms with Gasteiger partial charge >= 0.3 is 0 Å². The minimum atomic E-state index is -0.523. The van der Waals surface area contributed by atoms with Crippen LogP contribution in [0.15, 0.2) is 0 Å². The minimum absolute atomic E-state index is 0.523. The summed E-state index contributed by atoms with van der Waals surface area (Å²) < 4.78 is 0. The monoisotopic (exact) mass is 268 g/mol. The molecule has 2 fully saturated rings. The van der Waals surface area contributed by atoms with Crippen molar-refractivity contribution in [2.75, 3.05) is 26.2 Å². The molecule has 2 aliphatic rings. The van der Waals surface area contributed by atoms with Gasteiger partial charge < -0.3 is 15.3 Å². The van der Waals surface area contributed by atoms with Gasteiger partial charge in [0.05, 0.1) is 5.60 Å². The van der Waals surface area contributed by atoms with Gasteiger partial charge in [-0.05, 0) is 71.5 Å². The molecule has 2 N–H and O–H groups in total. The topological polar surface area (TPSA) is 35.5 Å². The van der Waals surface area contributed by atoms with Gasteiger partial charge in [-0.3, -0.25) is 0 Å². The molecule has 112 valence electrons. The molecule has 1 unspecified atom stereocenters. The van der Waals surface area contributed by atoms with Crippen molar-refractivity contribution in [2.24, 2.45) is 5.92 Å². The average molecular weight is 268 g/mol. The molecule has 19 heavy (non-hydrogen) atoms. The average Bonchev–Trinajstić information content (AvgIpc) is 2.62. The Hall–Kier alpha value is -0.120. The SMILES string of the molecule is CC(C)(O)CCN1CCCCCC1C1CCNCC1. The summed E-state index contributed by atoms with van der Waals surface area (Å²) in [5.74, 6) is 0.876. The fourth-order valence-electron chi connectivity index (χ4n) is 3.65. The van der Waals surface area contributed by atoms with Gasteiger partial charge in [0.2, 0.25) is 0 Å². The maximum absolute atomic E-state index is 9.98. The van der Waals surface area contributed by atoms with Gasteiger partial charge in [0.25, 0.3) is 0 Å². The Morgan fingerprint density at radius 3 is 2.53 bits per heavy atom. The lowest BCUT2D eigenvalue weighted by Gasteiger charge is -2.39. The number of nitrogens with zero attached hydrogens (tertiary/aromatic N) is 1. The van der Waals surface area contributed by atoms with E-state index in [1.54, 1.807) is 0 Å². The van der Waals surface area contributed by atoms with Crippen molar-refractivity contribution in [2.45, 2.75) is 70.4 Å². The van der Waals surface area contributed by atoms with Crippen molar-refractivity contribution in [1.82, 2.24) is 10.2 Å². The van der Waals surface area contributed by atoms with Crippen LogP contribution in [-0.2, 0) is 0 Å². The summed E-state index contributed by atoms with van der Waals surface area (Å²) >= 11 is 0. The molecule has 0 spiro atoms. The fourth-order valence-corrected chi connectivity index (χ4v) is 3.65. The maximum Gasteiger partial charge on any atom is 0.0603 e. The lowest BCUT2D eigenvalue weighted by molar-refractivity contribution is 0.0412. The third-order valence-corrected chi connectivity index (χ3v) is 4.85. The summed E-state index contributed by atoms with van der Waals surface area (Å²) in [4.78, 5) is 2.70. The summed E-state index contributed by atoms with van der Waals surface area (Å²) in [5, 5.41) is 13.5. The van der Waals surface area contributed by atoms with Crippen molar-refractivity contribution >= 4 is 0 Å². The predicted molar refractivity (Wildman–Crippen MR) is 80.3 cm³/mol. The minimum Gasteiger partial charge on any atom is -0.390 e. The van der Waals surface area contributed by atoms with E-state index in [0.717, 1.165) is 24.9 Å². The van der Waals surface area contributed by atoms with E-state index in [9.17, 15) is 5.11 Å². The molecule has 3 nitrogen and oxygen atoms in total. The molecule has 1 atom stereocenters. The molecule has 3 heteroatoms. The van der Waals surface area contributed by atoms with E-state index in [1.165, 1.54) is 58.2 Å². The van der Waals surface area contributed by atoms with Crippen molar-refractivity contribution in [3.8, 4) is 0 Å². The Bertz CT molecular complexity index is 256. The van der Waals surface area contributed by atoms with E-state index >= 15 is 0 Å². The first-order chi connectivity index (χ1) is 9.06. The van der Waals surface area contributed by atoms with Crippen LogP contribution in [0.3, 0.4) is 0 Å². The summed E-state index contributed by atoms with van der Waals surface area (Å²) in [7, 11) is 0. The van der Waals surface area contributed by atoms with E-state index in [-0.39, 0.29) is 0 Å². The summed E-state index contributed by atoms with van der Waals surface area (Å²) in [6.07, 6.45) is 9.07. The highest BCUT2D eigenvalue weighted by Gasteiger charge is 2.30. The number of likely N-dealkylation sites (tertiary alicyclic amines) is 1. The van der Waals surface area contributed by atoms with Gasteiger partial charge in [0, 0.05) is 12.6 Å². The lowest BCUT2D eigenvalue weighted by Crippen LogP contribution is -2.45. The quantitative estimate of drug-likeness (QED) is 0.822. The van der Waals surface area contributed by atoms with Crippen LogP contribution in [0.25, 0.3) is 0 Å². The molecule has 2 rings (SSSR count). The molecule has 2 aliphatic heterocycles. The summed E-state index contributed by atoms with van der Waals surface area (Å²) in [6, 6.07) is 0.770. The van der Waals surface area contributed by atoms with Crippen LogP contribution in [0.4, 0.5) is 0 Å². The number of piperidine rings is 1. The molecule has 2 saturated heterocycles. The third kappa shape index (κ3) is 5.05. The smallest absolute Gasteiger partial charge is 0.0603 e. The van der Waals surface area contributed by atoms with Crippen LogP contribution in [-0.4, -0.2) is 47.8 Å². The third-order valence-electron chi connectivity index (χ3n) is 4.85. The zero-order valence-corrected chi connectivity index (χ0v) is 12.8. The number of nitrogens with one attached hydrogen (secondary N) is 1. The molecule has 0 radical (unpaired) electrons. The Morgan fingerprint density at radius 1 is 1.11 bits per heavy atom. The van der Waals surface area contributed by atoms with Gasteiger partial charge in [0.1, 0.15) is 0 Å². The van der Waals surface area contributed by atoms with Gasteiger partial charge in [-0.1, -0.05) is 12.8 Å². The predicted octanol–water partition coefficient (Wildman–Crippen LogP) is 2.39. The van der Waals surface area contributed by atoms with E-state index in [2.05, 4.69) is 10.2 Å². The zero-order valence-electron chi connectivity index (χ0n) is 12.8.